The van der Waals surface area contributed by atoms with Crippen molar-refractivity contribution in [3.05, 3.63) is 28.5 Å². The summed E-state index contributed by atoms with van der Waals surface area (Å²) < 4.78 is 0.914. The Morgan fingerprint density at radius 1 is 1.47 bits per heavy atom. The van der Waals surface area contributed by atoms with E-state index < -0.39 is 0 Å². The number of carbonyl (C=O) groups excluding carboxylic acids is 1. The fraction of sp³-hybridized carbons (Fsp3) is 0.571. The molecule has 1 aliphatic rings. The normalized spacial score (nSPS) is 24.7. The second kappa shape index (κ2) is 6.01. The van der Waals surface area contributed by atoms with Gasteiger partial charge in [-0.15, -0.1) is 0 Å². The molecule has 1 aliphatic heterocycles. The van der Waals surface area contributed by atoms with Crippen molar-refractivity contribution in [2.45, 2.75) is 51.2 Å². The van der Waals surface area contributed by atoms with Crippen molar-refractivity contribution < 1.29 is 4.79 Å². The van der Waals surface area contributed by atoms with Crippen molar-refractivity contribution in [1.82, 2.24) is 9.88 Å². The molecule has 2 unspecified atom stereocenters. The highest BCUT2D eigenvalue weighted by Crippen LogP contribution is 2.32. The zero-order valence-corrected chi connectivity index (χ0v) is 12.9. The van der Waals surface area contributed by atoms with Crippen molar-refractivity contribution in [3.63, 3.8) is 0 Å². The summed E-state index contributed by atoms with van der Waals surface area (Å²) in [4.78, 5) is 18.4. The molecule has 2 heterocycles. The Morgan fingerprint density at radius 2 is 2.21 bits per heavy atom. The molecule has 5 heteroatoms. The zero-order chi connectivity index (χ0) is 14.0. The highest BCUT2D eigenvalue weighted by molar-refractivity contribution is 9.10. The van der Waals surface area contributed by atoms with Gasteiger partial charge >= 0.3 is 0 Å². The maximum Gasteiger partial charge on any atom is 0.223 e. The standard InChI is InChI=1S/C14H20BrN3O/c1-9(2)18-13(19)5-3-4-12(16)14(18)10-6-11(15)8-17-7-10/h6-9,12,14H,3-5,16H2,1-2H3. The van der Waals surface area contributed by atoms with E-state index in [0.29, 0.717) is 6.42 Å². The lowest BCUT2D eigenvalue weighted by Crippen LogP contribution is -2.45. The van der Waals surface area contributed by atoms with Crippen LogP contribution in [-0.2, 0) is 4.79 Å². The van der Waals surface area contributed by atoms with E-state index in [-0.39, 0.29) is 24.0 Å². The summed E-state index contributed by atoms with van der Waals surface area (Å²) in [5.41, 5.74) is 7.32. The first kappa shape index (κ1) is 14.5. The van der Waals surface area contributed by atoms with Gasteiger partial charge in [0.25, 0.3) is 0 Å². The minimum atomic E-state index is -0.0833. The number of aromatic nitrogens is 1. The highest BCUT2D eigenvalue weighted by Gasteiger charge is 2.34. The molecule has 0 aromatic carbocycles. The Labute approximate surface area is 122 Å². The molecule has 1 aromatic rings. The maximum absolute atomic E-state index is 12.3. The average Bonchev–Trinajstić information content (AvgIpc) is 2.48. The van der Waals surface area contributed by atoms with E-state index in [4.69, 9.17) is 5.73 Å². The Balaban J connectivity index is 2.43. The summed E-state index contributed by atoms with van der Waals surface area (Å²) in [6, 6.07) is 2.02. The van der Waals surface area contributed by atoms with Crippen LogP contribution in [0.3, 0.4) is 0 Å². The molecule has 2 atom stereocenters. The van der Waals surface area contributed by atoms with Gasteiger partial charge in [-0.1, -0.05) is 0 Å². The molecule has 1 amide bonds. The molecule has 2 N–H and O–H groups in total. The first-order chi connectivity index (χ1) is 9.00. The molecule has 104 valence electrons. The predicted octanol–water partition coefficient (Wildman–Crippen LogP) is 2.63. The van der Waals surface area contributed by atoms with E-state index in [2.05, 4.69) is 20.9 Å². The van der Waals surface area contributed by atoms with Crippen LogP contribution in [0.5, 0.6) is 0 Å². The van der Waals surface area contributed by atoms with Crippen LogP contribution in [0.25, 0.3) is 0 Å². The predicted molar refractivity (Wildman–Crippen MR) is 78.5 cm³/mol. The third-order valence-corrected chi connectivity index (χ3v) is 3.98. The number of pyridine rings is 1. The fourth-order valence-corrected chi connectivity index (χ4v) is 3.13. The number of hydrogen-bond donors (Lipinski definition) is 1. The molecule has 2 rings (SSSR count). The molecule has 0 aliphatic carbocycles. The monoisotopic (exact) mass is 325 g/mol. The number of rotatable bonds is 2. The lowest BCUT2D eigenvalue weighted by molar-refractivity contribution is -0.135. The minimum Gasteiger partial charge on any atom is -0.332 e. The van der Waals surface area contributed by atoms with Crippen molar-refractivity contribution in [2.24, 2.45) is 5.73 Å². The average molecular weight is 326 g/mol. The van der Waals surface area contributed by atoms with Gasteiger partial charge in [0.05, 0.1) is 6.04 Å². The molecule has 1 aromatic heterocycles. The van der Waals surface area contributed by atoms with Crippen molar-refractivity contribution in [2.75, 3.05) is 0 Å². The minimum absolute atomic E-state index is 0.0371. The van der Waals surface area contributed by atoms with Gasteiger partial charge in [0.2, 0.25) is 5.91 Å². The summed E-state index contributed by atoms with van der Waals surface area (Å²) in [6.07, 6.45) is 5.87. The number of halogens is 1. The van der Waals surface area contributed by atoms with Gasteiger partial charge < -0.3 is 10.6 Å². The van der Waals surface area contributed by atoms with E-state index in [0.717, 1.165) is 22.9 Å². The largest absolute Gasteiger partial charge is 0.332 e. The van der Waals surface area contributed by atoms with Gasteiger partial charge in [0.1, 0.15) is 0 Å². The van der Waals surface area contributed by atoms with Crippen LogP contribution >= 0.6 is 15.9 Å². The molecular weight excluding hydrogens is 306 g/mol. The summed E-state index contributed by atoms with van der Waals surface area (Å²) in [5.74, 6) is 0.188. The van der Waals surface area contributed by atoms with Gasteiger partial charge in [-0.2, -0.15) is 0 Å². The van der Waals surface area contributed by atoms with Crippen molar-refractivity contribution in [1.29, 1.82) is 0 Å². The number of nitrogens with two attached hydrogens (primary N) is 1. The second-order valence-electron chi connectivity index (χ2n) is 5.33. The third-order valence-electron chi connectivity index (χ3n) is 3.55. The Hall–Kier alpha value is -0.940. The zero-order valence-electron chi connectivity index (χ0n) is 11.3. The van der Waals surface area contributed by atoms with Crippen LogP contribution in [0.4, 0.5) is 0 Å². The molecular formula is C14H20BrN3O. The van der Waals surface area contributed by atoms with Crippen LogP contribution < -0.4 is 5.73 Å². The number of nitrogens with zero attached hydrogens (tertiary/aromatic N) is 2. The summed E-state index contributed by atoms with van der Waals surface area (Å²) >= 11 is 3.43. The van der Waals surface area contributed by atoms with E-state index in [1.165, 1.54) is 0 Å². The molecule has 0 radical (unpaired) electrons. The third kappa shape index (κ3) is 3.15. The van der Waals surface area contributed by atoms with Crippen molar-refractivity contribution in [3.8, 4) is 0 Å². The quantitative estimate of drug-likeness (QED) is 0.909. The van der Waals surface area contributed by atoms with Gasteiger partial charge in [0.15, 0.2) is 0 Å². The lowest BCUT2D eigenvalue weighted by Gasteiger charge is -2.36. The molecule has 19 heavy (non-hydrogen) atoms. The van der Waals surface area contributed by atoms with Crippen molar-refractivity contribution >= 4 is 21.8 Å². The number of likely N-dealkylation sites (tertiary alicyclic amines) is 1. The van der Waals surface area contributed by atoms with Gasteiger partial charge in [-0.25, -0.2) is 0 Å². The smallest absolute Gasteiger partial charge is 0.223 e. The first-order valence-corrected chi connectivity index (χ1v) is 7.47. The topological polar surface area (TPSA) is 59.2 Å². The number of hydrogen-bond acceptors (Lipinski definition) is 3. The summed E-state index contributed by atoms with van der Waals surface area (Å²) in [5, 5.41) is 0. The molecule has 0 saturated carbocycles. The fourth-order valence-electron chi connectivity index (χ4n) is 2.74. The molecule has 0 bridgehead atoms. The Bertz CT molecular complexity index is 464. The molecule has 4 nitrogen and oxygen atoms in total. The molecule has 0 spiro atoms. The van der Waals surface area contributed by atoms with Crippen LogP contribution in [0.2, 0.25) is 0 Å². The maximum atomic E-state index is 12.3. The van der Waals surface area contributed by atoms with E-state index in [1.54, 1.807) is 6.20 Å². The van der Waals surface area contributed by atoms with Crippen LogP contribution in [0, 0.1) is 0 Å². The lowest BCUT2D eigenvalue weighted by atomic mass is 9.97. The van der Waals surface area contributed by atoms with Crippen LogP contribution in [-0.4, -0.2) is 27.9 Å². The highest BCUT2D eigenvalue weighted by atomic mass is 79.9. The molecule has 1 saturated heterocycles. The summed E-state index contributed by atoms with van der Waals surface area (Å²) in [6.45, 7) is 4.07. The number of carbonyl (C=O) groups is 1. The van der Waals surface area contributed by atoms with Crippen LogP contribution in [0.1, 0.15) is 44.7 Å². The molecule has 1 fully saturated rings. The number of amides is 1. The second-order valence-corrected chi connectivity index (χ2v) is 6.25. The van der Waals surface area contributed by atoms with Crippen LogP contribution in [0.15, 0.2) is 22.9 Å². The van der Waals surface area contributed by atoms with Gasteiger partial charge in [0, 0.05) is 35.4 Å². The Kier molecular flexibility index (Phi) is 4.58. The SMILES string of the molecule is CC(C)N1C(=O)CCCC(N)C1c1cncc(Br)c1. The van der Waals surface area contributed by atoms with Gasteiger partial charge in [-0.05, 0) is 54.2 Å². The van der Waals surface area contributed by atoms with E-state index >= 15 is 0 Å². The summed E-state index contributed by atoms with van der Waals surface area (Å²) in [7, 11) is 0. The Morgan fingerprint density at radius 3 is 2.84 bits per heavy atom. The van der Waals surface area contributed by atoms with E-state index in [9.17, 15) is 4.79 Å². The van der Waals surface area contributed by atoms with Gasteiger partial charge in [-0.3, -0.25) is 9.78 Å². The first-order valence-electron chi connectivity index (χ1n) is 6.68. The van der Waals surface area contributed by atoms with E-state index in [1.807, 2.05) is 31.0 Å².